The predicted octanol–water partition coefficient (Wildman–Crippen LogP) is 2.47. The van der Waals surface area contributed by atoms with Gasteiger partial charge in [0.05, 0.1) is 5.56 Å². The van der Waals surface area contributed by atoms with Gasteiger partial charge in [0.15, 0.2) is 0 Å². The second kappa shape index (κ2) is 5.59. The predicted molar refractivity (Wildman–Crippen MR) is 52.3 cm³/mol. The summed E-state index contributed by atoms with van der Waals surface area (Å²) in [6.07, 6.45) is 4.25. The second-order valence-corrected chi connectivity index (χ2v) is 2.40. The summed E-state index contributed by atoms with van der Waals surface area (Å²) >= 11 is 0. The number of carbonyl (C=O) groups is 1. The van der Waals surface area contributed by atoms with Crippen molar-refractivity contribution in [2.75, 3.05) is 0 Å². The number of hydrogen-bond acceptors (Lipinski definition) is 3. The van der Waals surface area contributed by atoms with Crippen LogP contribution in [0.3, 0.4) is 0 Å². The molecule has 0 spiro atoms. The Kier molecular flexibility index (Phi) is 4.01. The van der Waals surface area contributed by atoms with Crippen molar-refractivity contribution in [3.63, 3.8) is 0 Å². The van der Waals surface area contributed by atoms with Crippen LogP contribution in [0.4, 0.5) is 0 Å². The van der Waals surface area contributed by atoms with E-state index in [9.17, 15) is 4.79 Å². The largest absolute Gasteiger partial charge is 0.386 e. The Hall–Kier alpha value is -2.03. The minimum atomic E-state index is -0.528. The van der Waals surface area contributed by atoms with Crippen LogP contribution in [0, 0.1) is 0 Å². The summed E-state index contributed by atoms with van der Waals surface area (Å²) in [6, 6.07) is 8.59. The van der Waals surface area contributed by atoms with Gasteiger partial charge in [-0.2, -0.15) is 0 Å². The Morgan fingerprint density at radius 1 is 1.29 bits per heavy atom. The number of allylic oxidation sites excluding steroid dienone is 2. The van der Waals surface area contributed by atoms with Crippen molar-refractivity contribution < 1.29 is 14.6 Å². The molecule has 1 aromatic carbocycles. The molecule has 0 fully saturated rings. The molecule has 0 bridgehead atoms. The van der Waals surface area contributed by atoms with Crippen LogP contribution in [0.25, 0.3) is 0 Å². The van der Waals surface area contributed by atoms with Gasteiger partial charge in [0.2, 0.25) is 0 Å². The van der Waals surface area contributed by atoms with E-state index in [1.807, 2.05) is 6.07 Å². The maximum atomic E-state index is 11.2. The first kappa shape index (κ1) is 10.1. The number of benzene rings is 1. The monoisotopic (exact) mass is 190 g/mol. The molecule has 0 amide bonds. The van der Waals surface area contributed by atoms with Crippen molar-refractivity contribution in [3.05, 3.63) is 60.9 Å². The highest BCUT2D eigenvalue weighted by Gasteiger charge is 2.05. The molecular weight excluding hydrogens is 180 g/mol. The molecule has 0 aromatic heterocycles. The lowest BCUT2D eigenvalue weighted by Crippen LogP contribution is -2.02. The Balaban J connectivity index is 2.43. The minimum absolute atomic E-state index is 0.444. The molecule has 1 aromatic rings. The minimum Gasteiger partial charge on any atom is -0.295 e. The molecule has 0 aliphatic carbocycles. The fourth-order valence-corrected chi connectivity index (χ4v) is 0.781. The van der Waals surface area contributed by atoms with Gasteiger partial charge in [0.25, 0.3) is 0 Å². The molecule has 14 heavy (non-hydrogen) atoms. The summed E-state index contributed by atoms with van der Waals surface area (Å²) < 4.78 is 0. The second-order valence-electron chi connectivity index (χ2n) is 2.40. The fourth-order valence-electron chi connectivity index (χ4n) is 0.781. The van der Waals surface area contributed by atoms with Crippen LogP contribution in [0.2, 0.25) is 0 Å². The molecule has 3 heteroatoms. The van der Waals surface area contributed by atoms with E-state index in [1.54, 1.807) is 24.3 Å². The molecule has 0 N–H and O–H groups in total. The van der Waals surface area contributed by atoms with Crippen LogP contribution < -0.4 is 0 Å². The number of carbonyl (C=O) groups excluding carboxylic acids is 1. The highest BCUT2D eigenvalue weighted by atomic mass is 17.2. The van der Waals surface area contributed by atoms with Gasteiger partial charge in [-0.05, 0) is 18.2 Å². The molecule has 3 nitrogen and oxygen atoms in total. The maximum Gasteiger partial charge on any atom is 0.386 e. The highest BCUT2D eigenvalue weighted by Crippen LogP contribution is 2.01. The summed E-state index contributed by atoms with van der Waals surface area (Å²) in [5.74, 6) is -0.528. The van der Waals surface area contributed by atoms with E-state index >= 15 is 0 Å². The summed E-state index contributed by atoms with van der Waals surface area (Å²) in [6.45, 7) is 3.43. The first-order chi connectivity index (χ1) is 6.84. The molecule has 0 heterocycles. The number of hydrogen-bond donors (Lipinski definition) is 0. The molecule has 0 saturated heterocycles. The molecule has 0 atom stereocenters. The van der Waals surface area contributed by atoms with E-state index in [0.29, 0.717) is 5.56 Å². The van der Waals surface area contributed by atoms with Crippen LogP contribution in [0.1, 0.15) is 10.4 Å². The summed E-state index contributed by atoms with van der Waals surface area (Å²) in [5.41, 5.74) is 0.444. The summed E-state index contributed by atoms with van der Waals surface area (Å²) in [4.78, 5) is 20.1. The third-order valence-corrected chi connectivity index (χ3v) is 1.40. The van der Waals surface area contributed by atoms with Gasteiger partial charge in [-0.1, -0.05) is 30.9 Å². The molecule has 0 unspecified atom stereocenters. The Morgan fingerprint density at radius 2 is 2.00 bits per heavy atom. The molecule has 0 saturated carbocycles. The van der Waals surface area contributed by atoms with E-state index in [2.05, 4.69) is 16.4 Å². The zero-order valence-electron chi connectivity index (χ0n) is 7.55. The van der Waals surface area contributed by atoms with E-state index in [1.165, 1.54) is 18.4 Å². The quantitative estimate of drug-likeness (QED) is 0.316. The Labute approximate surface area is 82.2 Å². The fraction of sp³-hybridized carbons (Fsp3) is 0. The van der Waals surface area contributed by atoms with E-state index in [4.69, 9.17) is 0 Å². The molecule has 1 rings (SSSR count). The average molecular weight is 190 g/mol. The van der Waals surface area contributed by atoms with Gasteiger partial charge in [-0.25, -0.2) is 9.68 Å². The SMILES string of the molecule is C=CC=COOC(=O)c1ccccc1. The van der Waals surface area contributed by atoms with E-state index in [-0.39, 0.29) is 0 Å². The topological polar surface area (TPSA) is 35.5 Å². The van der Waals surface area contributed by atoms with Crippen molar-refractivity contribution >= 4 is 5.97 Å². The van der Waals surface area contributed by atoms with Gasteiger partial charge >= 0.3 is 5.97 Å². The molecule has 0 aliphatic heterocycles. The van der Waals surface area contributed by atoms with Crippen molar-refractivity contribution in [2.45, 2.75) is 0 Å². The van der Waals surface area contributed by atoms with Gasteiger partial charge in [-0.15, -0.1) is 0 Å². The maximum absolute atomic E-state index is 11.2. The van der Waals surface area contributed by atoms with E-state index < -0.39 is 5.97 Å². The highest BCUT2D eigenvalue weighted by molar-refractivity contribution is 5.88. The molecule has 0 radical (unpaired) electrons. The normalized spacial score (nSPS) is 9.71. The number of rotatable bonds is 4. The van der Waals surface area contributed by atoms with Crippen molar-refractivity contribution in [2.24, 2.45) is 0 Å². The zero-order chi connectivity index (χ0) is 10.2. The third kappa shape index (κ3) is 3.15. The summed E-state index contributed by atoms with van der Waals surface area (Å²) in [7, 11) is 0. The molecule has 0 aliphatic rings. The lowest BCUT2D eigenvalue weighted by Gasteiger charge is -1.99. The Morgan fingerprint density at radius 3 is 2.64 bits per heavy atom. The van der Waals surface area contributed by atoms with Gasteiger partial charge in [0, 0.05) is 0 Å². The van der Waals surface area contributed by atoms with Gasteiger partial charge in [-0.3, -0.25) is 4.89 Å². The van der Waals surface area contributed by atoms with Crippen LogP contribution in [0.15, 0.2) is 55.3 Å². The van der Waals surface area contributed by atoms with Crippen LogP contribution >= 0.6 is 0 Å². The standard InChI is InChI=1S/C11H10O3/c1-2-3-9-13-14-11(12)10-7-5-4-6-8-10/h2-9H,1H2. The smallest absolute Gasteiger partial charge is 0.295 e. The van der Waals surface area contributed by atoms with Crippen LogP contribution in [-0.2, 0) is 9.78 Å². The van der Waals surface area contributed by atoms with Gasteiger partial charge < -0.3 is 0 Å². The molecular formula is C11H10O3. The molecule has 72 valence electrons. The average Bonchev–Trinajstić information content (AvgIpc) is 2.25. The Bertz CT molecular complexity index is 328. The van der Waals surface area contributed by atoms with Crippen molar-refractivity contribution in [3.8, 4) is 0 Å². The van der Waals surface area contributed by atoms with Crippen LogP contribution in [-0.4, -0.2) is 5.97 Å². The first-order valence-electron chi connectivity index (χ1n) is 4.05. The van der Waals surface area contributed by atoms with Gasteiger partial charge in [0.1, 0.15) is 6.26 Å². The lowest BCUT2D eigenvalue weighted by molar-refractivity contribution is -0.191. The summed E-state index contributed by atoms with van der Waals surface area (Å²) in [5, 5.41) is 0. The lowest BCUT2D eigenvalue weighted by atomic mass is 10.2. The first-order valence-corrected chi connectivity index (χ1v) is 4.05. The van der Waals surface area contributed by atoms with E-state index in [0.717, 1.165) is 0 Å². The third-order valence-electron chi connectivity index (χ3n) is 1.40. The van der Waals surface area contributed by atoms with Crippen molar-refractivity contribution in [1.29, 1.82) is 0 Å². The zero-order valence-corrected chi connectivity index (χ0v) is 7.55. The van der Waals surface area contributed by atoms with Crippen LogP contribution in [0.5, 0.6) is 0 Å². The van der Waals surface area contributed by atoms with Crippen molar-refractivity contribution in [1.82, 2.24) is 0 Å².